The summed E-state index contributed by atoms with van der Waals surface area (Å²) in [6, 6.07) is 8.94. The molecule has 0 bridgehead atoms. The van der Waals surface area contributed by atoms with Gasteiger partial charge in [0.05, 0.1) is 17.3 Å². The average Bonchev–Trinajstić information content (AvgIpc) is 3.16. The highest BCUT2D eigenvalue weighted by Crippen LogP contribution is 2.19. The summed E-state index contributed by atoms with van der Waals surface area (Å²) in [5.41, 5.74) is 3.07. The maximum Gasteiger partial charge on any atom is 0.251 e. The lowest BCUT2D eigenvalue weighted by Gasteiger charge is -2.16. The molecular formula is C18H20N4O2. The zero-order valence-corrected chi connectivity index (χ0v) is 13.9. The van der Waals surface area contributed by atoms with Crippen molar-refractivity contribution in [3.8, 4) is 6.07 Å². The van der Waals surface area contributed by atoms with Crippen LogP contribution in [0.3, 0.4) is 0 Å². The van der Waals surface area contributed by atoms with Crippen LogP contribution in [0.25, 0.3) is 0 Å². The van der Waals surface area contributed by atoms with Crippen LogP contribution in [0.15, 0.2) is 28.8 Å². The molecule has 1 saturated heterocycles. The van der Waals surface area contributed by atoms with E-state index in [2.05, 4.69) is 21.4 Å². The van der Waals surface area contributed by atoms with Gasteiger partial charge in [0.2, 0.25) is 0 Å². The van der Waals surface area contributed by atoms with Crippen LogP contribution in [0.5, 0.6) is 0 Å². The van der Waals surface area contributed by atoms with E-state index < -0.39 is 0 Å². The van der Waals surface area contributed by atoms with Crippen molar-refractivity contribution in [3.63, 3.8) is 0 Å². The molecule has 1 atom stereocenters. The molecule has 6 nitrogen and oxygen atoms in total. The van der Waals surface area contributed by atoms with Gasteiger partial charge >= 0.3 is 0 Å². The van der Waals surface area contributed by atoms with E-state index in [0.29, 0.717) is 11.1 Å². The van der Waals surface area contributed by atoms with Gasteiger partial charge in [0.25, 0.3) is 5.91 Å². The van der Waals surface area contributed by atoms with Crippen LogP contribution < -0.4 is 5.32 Å². The number of likely N-dealkylation sites (tertiary alicyclic amines) is 1. The fraction of sp³-hybridized carbons (Fsp3) is 0.389. The highest BCUT2D eigenvalue weighted by atomic mass is 16.5. The molecular weight excluding hydrogens is 304 g/mol. The molecule has 1 aliphatic rings. The van der Waals surface area contributed by atoms with E-state index >= 15 is 0 Å². The Kier molecular flexibility index (Phi) is 4.63. The second-order valence-electron chi connectivity index (χ2n) is 6.19. The fourth-order valence-corrected chi connectivity index (χ4v) is 3.04. The van der Waals surface area contributed by atoms with Gasteiger partial charge in [-0.2, -0.15) is 5.26 Å². The molecule has 1 aliphatic heterocycles. The number of hydrogen-bond acceptors (Lipinski definition) is 5. The van der Waals surface area contributed by atoms with Gasteiger partial charge < -0.3 is 9.84 Å². The second kappa shape index (κ2) is 6.85. The van der Waals surface area contributed by atoms with Gasteiger partial charge in [-0.3, -0.25) is 9.69 Å². The summed E-state index contributed by atoms with van der Waals surface area (Å²) < 4.78 is 5.20. The third kappa shape index (κ3) is 3.47. The van der Waals surface area contributed by atoms with Gasteiger partial charge in [-0.1, -0.05) is 11.2 Å². The first-order valence-corrected chi connectivity index (χ1v) is 8.02. The van der Waals surface area contributed by atoms with Gasteiger partial charge in [0, 0.05) is 36.8 Å². The molecule has 1 aromatic heterocycles. The number of nitrogens with one attached hydrogen (secondary N) is 1. The van der Waals surface area contributed by atoms with Gasteiger partial charge in [0.1, 0.15) is 5.76 Å². The van der Waals surface area contributed by atoms with Crippen molar-refractivity contribution in [2.45, 2.75) is 32.9 Å². The Morgan fingerprint density at radius 2 is 2.33 bits per heavy atom. The highest BCUT2D eigenvalue weighted by Gasteiger charge is 2.25. The molecule has 0 aliphatic carbocycles. The van der Waals surface area contributed by atoms with E-state index in [0.717, 1.165) is 43.1 Å². The predicted molar refractivity (Wildman–Crippen MR) is 88.3 cm³/mol. The largest absolute Gasteiger partial charge is 0.361 e. The summed E-state index contributed by atoms with van der Waals surface area (Å²) in [5.74, 6) is 0.726. The average molecular weight is 324 g/mol. The van der Waals surface area contributed by atoms with Crippen molar-refractivity contribution in [2.24, 2.45) is 0 Å². The van der Waals surface area contributed by atoms with Crippen LogP contribution in [0.2, 0.25) is 0 Å². The number of carbonyl (C=O) groups is 1. The zero-order valence-electron chi connectivity index (χ0n) is 13.9. The van der Waals surface area contributed by atoms with Crippen LogP contribution in [0.1, 0.15) is 39.4 Å². The van der Waals surface area contributed by atoms with Crippen LogP contribution in [-0.4, -0.2) is 35.1 Å². The van der Waals surface area contributed by atoms with Crippen molar-refractivity contribution >= 4 is 5.91 Å². The zero-order chi connectivity index (χ0) is 17.1. The smallest absolute Gasteiger partial charge is 0.251 e. The molecule has 0 spiro atoms. The Hall–Kier alpha value is -2.65. The predicted octanol–water partition coefficient (Wildman–Crippen LogP) is 2.17. The van der Waals surface area contributed by atoms with Gasteiger partial charge in [-0.15, -0.1) is 0 Å². The quantitative estimate of drug-likeness (QED) is 0.932. The molecule has 24 heavy (non-hydrogen) atoms. The van der Waals surface area contributed by atoms with E-state index in [1.165, 1.54) is 0 Å². The van der Waals surface area contributed by atoms with Crippen molar-refractivity contribution in [1.82, 2.24) is 15.4 Å². The SMILES string of the molecule is Cc1noc(C)c1CN1CC[C@H](NC(=O)c2cccc(C#N)c2)C1. The first-order chi connectivity index (χ1) is 11.6. The number of nitriles is 1. The van der Waals surface area contributed by atoms with Crippen molar-refractivity contribution in [1.29, 1.82) is 5.26 Å². The fourth-order valence-electron chi connectivity index (χ4n) is 3.04. The maximum atomic E-state index is 12.3. The Balaban J connectivity index is 1.58. The molecule has 2 aromatic rings. The second-order valence-corrected chi connectivity index (χ2v) is 6.19. The maximum absolute atomic E-state index is 12.3. The molecule has 2 heterocycles. The number of benzene rings is 1. The monoisotopic (exact) mass is 324 g/mol. The molecule has 1 aromatic carbocycles. The van der Waals surface area contributed by atoms with Crippen LogP contribution in [0, 0.1) is 25.2 Å². The lowest BCUT2D eigenvalue weighted by molar-refractivity contribution is 0.0937. The third-order valence-electron chi connectivity index (χ3n) is 4.42. The Bertz CT molecular complexity index is 771. The summed E-state index contributed by atoms with van der Waals surface area (Å²) in [6.45, 7) is 6.38. The van der Waals surface area contributed by atoms with E-state index in [1.54, 1.807) is 24.3 Å². The topological polar surface area (TPSA) is 82.2 Å². The van der Waals surface area contributed by atoms with E-state index in [9.17, 15) is 4.79 Å². The lowest BCUT2D eigenvalue weighted by atomic mass is 10.1. The number of aryl methyl sites for hydroxylation is 2. The number of carbonyl (C=O) groups excluding carboxylic acids is 1. The van der Waals surface area contributed by atoms with E-state index in [-0.39, 0.29) is 11.9 Å². The number of nitrogens with zero attached hydrogens (tertiary/aromatic N) is 3. The molecule has 0 unspecified atom stereocenters. The number of amides is 1. The first-order valence-electron chi connectivity index (χ1n) is 8.02. The number of hydrogen-bond donors (Lipinski definition) is 1. The normalized spacial score (nSPS) is 17.6. The van der Waals surface area contributed by atoms with Crippen molar-refractivity contribution in [3.05, 3.63) is 52.4 Å². The molecule has 3 rings (SSSR count). The lowest BCUT2D eigenvalue weighted by Crippen LogP contribution is -2.37. The molecule has 0 saturated carbocycles. The summed E-state index contributed by atoms with van der Waals surface area (Å²) in [5, 5.41) is 16.0. The molecule has 1 fully saturated rings. The van der Waals surface area contributed by atoms with Crippen molar-refractivity contribution in [2.75, 3.05) is 13.1 Å². The molecule has 6 heteroatoms. The summed E-state index contributed by atoms with van der Waals surface area (Å²) >= 11 is 0. The standard InChI is InChI=1S/C18H20N4O2/c1-12-17(13(2)24-21-12)11-22-7-6-16(10-22)20-18(23)15-5-3-4-14(8-15)9-19/h3-5,8,16H,6-7,10-11H2,1-2H3,(H,20,23)/t16-/m0/s1. The number of aromatic nitrogens is 1. The van der Waals surface area contributed by atoms with Crippen molar-refractivity contribution < 1.29 is 9.32 Å². The van der Waals surface area contributed by atoms with Crippen LogP contribution >= 0.6 is 0 Å². The molecule has 1 amide bonds. The minimum absolute atomic E-state index is 0.115. The minimum Gasteiger partial charge on any atom is -0.361 e. The number of rotatable bonds is 4. The van der Waals surface area contributed by atoms with Gasteiger partial charge in [-0.05, 0) is 38.5 Å². The highest BCUT2D eigenvalue weighted by molar-refractivity contribution is 5.94. The van der Waals surface area contributed by atoms with E-state index in [1.807, 2.05) is 13.8 Å². The summed E-state index contributed by atoms with van der Waals surface area (Å²) in [6.07, 6.45) is 0.910. The molecule has 124 valence electrons. The Morgan fingerprint density at radius 3 is 3.04 bits per heavy atom. The summed E-state index contributed by atoms with van der Waals surface area (Å²) in [7, 11) is 0. The molecule has 1 N–H and O–H groups in total. The summed E-state index contributed by atoms with van der Waals surface area (Å²) in [4.78, 5) is 14.6. The molecule has 0 radical (unpaired) electrons. The van der Waals surface area contributed by atoms with Crippen LogP contribution in [-0.2, 0) is 6.54 Å². The Labute approximate surface area is 141 Å². The van der Waals surface area contributed by atoms with Gasteiger partial charge in [-0.25, -0.2) is 0 Å². The minimum atomic E-state index is -0.128. The third-order valence-corrected chi connectivity index (χ3v) is 4.42. The van der Waals surface area contributed by atoms with E-state index in [4.69, 9.17) is 9.78 Å². The van der Waals surface area contributed by atoms with Crippen LogP contribution in [0.4, 0.5) is 0 Å². The van der Waals surface area contributed by atoms with Gasteiger partial charge in [0.15, 0.2) is 0 Å². The first kappa shape index (κ1) is 16.2. The Morgan fingerprint density at radius 1 is 1.50 bits per heavy atom.